The molecule has 2 aliphatic heterocycles. The van der Waals surface area contributed by atoms with Crippen LogP contribution >= 0.6 is 0 Å². The number of halogens is 1. The Morgan fingerprint density at radius 1 is 1.32 bits per heavy atom. The van der Waals surface area contributed by atoms with Crippen LogP contribution in [0.3, 0.4) is 0 Å². The van der Waals surface area contributed by atoms with Crippen LogP contribution in [0, 0.1) is 17.1 Å². The van der Waals surface area contributed by atoms with E-state index in [1.165, 1.54) is 18.2 Å². The predicted molar refractivity (Wildman–Crippen MR) is 98.8 cm³/mol. The number of fused-ring (bicyclic) bond motifs is 1. The number of rotatable bonds is 4. The molecule has 4 rings (SSSR count). The van der Waals surface area contributed by atoms with E-state index < -0.39 is 11.7 Å². The van der Waals surface area contributed by atoms with Crippen molar-refractivity contribution in [1.82, 2.24) is 9.80 Å². The molecule has 146 valence electrons. The van der Waals surface area contributed by atoms with Crippen molar-refractivity contribution < 1.29 is 18.4 Å². The van der Waals surface area contributed by atoms with E-state index in [2.05, 4.69) is 6.07 Å². The largest absolute Gasteiger partial charge is 0.460 e. The Kier molecular flexibility index (Phi) is 4.77. The lowest BCUT2D eigenvalue weighted by Crippen LogP contribution is -2.41. The van der Waals surface area contributed by atoms with Crippen molar-refractivity contribution in [1.29, 1.82) is 5.26 Å². The van der Waals surface area contributed by atoms with E-state index in [1.54, 1.807) is 4.90 Å². The van der Waals surface area contributed by atoms with Gasteiger partial charge >= 0.3 is 0 Å². The zero-order chi connectivity index (χ0) is 19.8. The number of likely N-dealkylation sites (tertiary alicyclic amines) is 2. The summed E-state index contributed by atoms with van der Waals surface area (Å²) in [5, 5.41) is 9.67. The van der Waals surface area contributed by atoms with Gasteiger partial charge < -0.3 is 15.1 Å². The monoisotopic (exact) mass is 384 g/mol. The second kappa shape index (κ2) is 7.24. The van der Waals surface area contributed by atoms with Crippen LogP contribution in [0.5, 0.6) is 0 Å². The number of amides is 2. The zero-order valence-electron chi connectivity index (χ0n) is 15.4. The van der Waals surface area contributed by atoms with Crippen LogP contribution in [0.2, 0.25) is 0 Å². The maximum atomic E-state index is 13.5. The lowest BCUT2D eigenvalue weighted by atomic mass is 9.99. The second-order valence-electron chi connectivity index (χ2n) is 7.44. The Bertz CT molecular complexity index is 980. The maximum Gasteiger partial charge on any atom is 0.252 e. The van der Waals surface area contributed by atoms with Crippen molar-refractivity contribution in [2.45, 2.75) is 31.2 Å². The van der Waals surface area contributed by atoms with Crippen LogP contribution in [0.1, 0.15) is 41.3 Å². The standard InChI is InChI=1S/C20H21FN4O3/c21-13-3-4-15-16(8-13)28-19(18(15)20(23)27)12-5-7-24(10-12)11-17(26)25-6-1-2-14(25)9-22/h3-4,8,12,14H,1-2,5-7,10-11H2,(H2,23,27). The first-order valence-electron chi connectivity index (χ1n) is 9.41. The van der Waals surface area contributed by atoms with Crippen LogP contribution in [0.15, 0.2) is 22.6 Å². The van der Waals surface area contributed by atoms with Gasteiger partial charge in [-0.3, -0.25) is 14.5 Å². The molecule has 3 heterocycles. The van der Waals surface area contributed by atoms with Crippen LogP contribution in [0.25, 0.3) is 11.0 Å². The molecule has 2 saturated heterocycles. The predicted octanol–water partition coefficient (Wildman–Crippen LogP) is 1.97. The average Bonchev–Trinajstić information content (AvgIpc) is 3.38. The van der Waals surface area contributed by atoms with Crippen LogP contribution < -0.4 is 5.73 Å². The molecular weight excluding hydrogens is 363 g/mol. The number of primary amides is 1. The molecule has 2 fully saturated rings. The van der Waals surface area contributed by atoms with E-state index >= 15 is 0 Å². The smallest absolute Gasteiger partial charge is 0.252 e. The number of nitrogens with two attached hydrogens (primary N) is 1. The van der Waals surface area contributed by atoms with E-state index in [1.807, 2.05) is 4.90 Å². The van der Waals surface area contributed by atoms with Gasteiger partial charge in [0.15, 0.2) is 0 Å². The molecule has 0 aliphatic carbocycles. The minimum Gasteiger partial charge on any atom is -0.460 e. The molecule has 7 nitrogen and oxygen atoms in total. The summed E-state index contributed by atoms with van der Waals surface area (Å²) in [6.07, 6.45) is 2.28. The van der Waals surface area contributed by atoms with Gasteiger partial charge in [-0.25, -0.2) is 4.39 Å². The lowest BCUT2D eigenvalue weighted by molar-refractivity contribution is -0.132. The highest BCUT2D eigenvalue weighted by Gasteiger charge is 2.34. The number of benzene rings is 1. The Morgan fingerprint density at radius 2 is 2.14 bits per heavy atom. The number of hydrogen-bond donors (Lipinski definition) is 1. The molecular formula is C20H21FN4O3. The molecule has 0 spiro atoms. The summed E-state index contributed by atoms with van der Waals surface area (Å²) in [5.41, 5.74) is 6.15. The summed E-state index contributed by atoms with van der Waals surface area (Å²) < 4.78 is 19.3. The van der Waals surface area contributed by atoms with Gasteiger partial charge in [0.25, 0.3) is 5.91 Å². The number of carbonyl (C=O) groups is 2. The van der Waals surface area contributed by atoms with Gasteiger partial charge in [0.1, 0.15) is 23.2 Å². The molecule has 0 radical (unpaired) electrons. The molecule has 1 aromatic heterocycles. The van der Waals surface area contributed by atoms with Gasteiger partial charge in [0, 0.05) is 30.5 Å². The molecule has 2 unspecified atom stereocenters. The molecule has 0 saturated carbocycles. The topological polar surface area (TPSA) is 104 Å². The fourth-order valence-electron chi connectivity index (χ4n) is 4.30. The quantitative estimate of drug-likeness (QED) is 0.868. The van der Waals surface area contributed by atoms with Crippen molar-refractivity contribution in [2.75, 3.05) is 26.2 Å². The Labute approximate surface area is 161 Å². The maximum absolute atomic E-state index is 13.5. The molecule has 1 aromatic carbocycles. The fourth-order valence-corrected chi connectivity index (χ4v) is 4.30. The van der Waals surface area contributed by atoms with Crippen molar-refractivity contribution in [3.63, 3.8) is 0 Å². The van der Waals surface area contributed by atoms with Gasteiger partial charge in [0.05, 0.1) is 18.2 Å². The van der Waals surface area contributed by atoms with E-state index in [9.17, 15) is 14.0 Å². The molecule has 2 aliphatic rings. The Morgan fingerprint density at radius 3 is 2.89 bits per heavy atom. The molecule has 2 amide bonds. The number of nitrogens with zero attached hydrogens (tertiary/aromatic N) is 3. The first-order chi connectivity index (χ1) is 13.5. The molecule has 2 atom stereocenters. The molecule has 2 aromatic rings. The van der Waals surface area contributed by atoms with Crippen molar-refractivity contribution in [3.05, 3.63) is 35.3 Å². The number of nitriles is 1. The summed E-state index contributed by atoms with van der Waals surface area (Å²) >= 11 is 0. The summed E-state index contributed by atoms with van der Waals surface area (Å²) in [4.78, 5) is 28.2. The highest BCUT2D eigenvalue weighted by molar-refractivity contribution is 6.06. The highest BCUT2D eigenvalue weighted by atomic mass is 19.1. The average molecular weight is 384 g/mol. The van der Waals surface area contributed by atoms with Crippen molar-refractivity contribution in [2.24, 2.45) is 5.73 Å². The minimum atomic E-state index is -0.608. The molecule has 2 N–H and O–H groups in total. The van der Waals surface area contributed by atoms with E-state index in [4.69, 9.17) is 15.4 Å². The van der Waals surface area contributed by atoms with E-state index in [0.29, 0.717) is 42.8 Å². The third-order valence-corrected chi connectivity index (χ3v) is 5.65. The normalized spacial score (nSPS) is 22.6. The first-order valence-corrected chi connectivity index (χ1v) is 9.41. The summed E-state index contributed by atoms with van der Waals surface area (Å²) in [5.74, 6) is -0.745. The fraction of sp³-hybridized carbons (Fsp3) is 0.450. The summed E-state index contributed by atoms with van der Waals surface area (Å²) in [7, 11) is 0. The summed E-state index contributed by atoms with van der Waals surface area (Å²) in [6, 6.07) is 5.87. The number of furan rings is 1. The molecule has 28 heavy (non-hydrogen) atoms. The van der Waals surface area contributed by atoms with Gasteiger partial charge in [0.2, 0.25) is 5.91 Å². The second-order valence-corrected chi connectivity index (χ2v) is 7.44. The molecule has 0 bridgehead atoms. The van der Waals surface area contributed by atoms with Crippen molar-refractivity contribution in [3.8, 4) is 6.07 Å². The first kappa shape index (κ1) is 18.4. The lowest BCUT2D eigenvalue weighted by Gasteiger charge is -2.23. The zero-order valence-corrected chi connectivity index (χ0v) is 15.4. The van der Waals surface area contributed by atoms with Crippen LogP contribution in [-0.4, -0.2) is 53.8 Å². The highest BCUT2D eigenvalue weighted by Crippen LogP contribution is 2.36. The van der Waals surface area contributed by atoms with E-state index in [0.717, 1.165) is 12.8 Å². The van der Waals surface area contributed by atoms with Gasteiger partial charge in [-0.2, -0.15) is 5.26 Å². The van der Waals surface area contributed by atoms with Crippen LogP contribution in [-0.2, 0) is 4.79 Å². The van der Waals surface area contributed by atoms with Gasteiger partial charge in [-0.15, -0.1) is 0 Å². The SMILES string of the molecule is N#CC1CCCN1C(=O)CN1CCC(c2oc3cc(F)ccc3c2C(N)=O)C1. The Balaban J connectivity index is 1.51. The number of hydrogen-bond acceptors (Lipinski definition) is 5. The third kappa shape index (κ3) is 3.22. The molecule has 8 heteroatoms. The number of carbonyl (C=O) groups excluding carboxylic acids is 2. The Hall–Kier alpha value is -2.92. The van der Waals surface area contributed by atoms with Crippen LogP contribution in [0.4, 0.5) is 4.39 Å². The van der Waals surface area contributed by atoms with Crippen molar-refractivity contribution >= 4 is 22.8 Å². The van der Waals surface area contributed by atoms with Gasteiger partial charge in [-0.05, 0) is 37.9 Å². The minimum absolute atomic E-state index is 0.0495. The van der Waals surface area contributed by atoms with E-state index in [-0.39, 0.29) is 30.0 Å². The third-order valence-electron chi connectivity index (χ3n) is 5.65. The summed E-state index contributed by atoms with van der Waals surface area (Å²) in [6.45, 7) is 2.06. The van der Waals surface area contributed by atoms with Gasteiger partial charge in [-0.1, -0.05) is 0 Å².